The molecule has 0 aromatic heterocycles. The number of piperazine rings is 1. The SMILES string of the molecule is CCNC(=NCCCCN1CCN(CC)CC1)NCCc1ccc(C)c(OC)c1.I. The predicted molar refractivity (Wildman–Crippen MR) is 139 cm³/mol. The maximum absolute atomic E-state index is 5.42. The van der Waals surface area contributed by atoms with Crippen LogP contribution >= 0.6 is 24.0 Å². The Labute approximate surface area is 200 Å². The van der Waals surface area contributed by atoms with E-state index in [4.69, 9.17) is 9.73 Å². The molecule has 6 nitrogen and oxygen atoms in total. The number of methoxy groups -OCH3 is 1. The molecule has 0 radical (unpaired) electrons. The van der Waals surface area contributed by atoms with Crippen LogP contribution in [0.4, 0.5) is 0 Å². The maximum atomic E-state index is 5.42. The molecule has 0 aliphatic carbocycles. The first-order valence-corrected chi connectivity index (χ1v) is 11.3. The van der Waals surface area contributed by atoms with E-state index in [1.807, 2.05) is 0 Å². The third-order valence-electron chi connectivity index (χ3n) is 5.59. The van der Waals surface area contributed by atoms with E-state index in [0.717, 1.165) is 44.2 Å². The molecule has 7 heteroatoms. The molecule has 0 bridgehead atoms. The highest BCUT2D eigenvalue weighted by molar-refractivity contribution is 14.0. The number of ether oxygens (including phenoxy) is 1. The molecule has 2 N–H and O–H groups in total. The molecule has 1 aromatic carbocycles. The lowest BCUT2D eigenvalue weighted by atomic mass is 10.1. The number of hydrogen-bond donors (Lipinski definition) is 2. The van der Waals surface area contributed by atoms with Crippen LogP contribution in [0.3, 0.4) is 0 Å². The lowest BCUT2D eigenvalue weighted by Crippen LogP contribution is -2.46. The molecule has 0 spiro atoms. The Bertz CT molecular complexity index is 618. The predicted octanol–water partition coefficient (Wildman–Crippen LogP) is 3.14. The Morgan fingerprint density at radius 3 is 2.47 bits per heavy atom. The molecule has 1 fully saturated rings. The van der Waals surface area contributed by atoms with Crippen molar-refractivity contribution in [1.29, 1.82) is 0 Å². The second kappa shape index (κ2) is 15.7. The van der Waals surface area contributed by atoms with E-state index >= 15 is 0 Å². The summed E-state index contributed by atoms with van der Waals surface area (Å²) < 4.78 is 5.42. The average molecular weight is 532 g/mol. The van der Waals surface area contributed by atoms with Gasteiger partial charge >= 0.3 is 0 Å². The summed E-state index contributed by atoms with van der Waals surface area (Å²) in [6, 6.07) is 6.42. The van der Waals surface area contributed by atoms with Gasteiger partial charge in [-0.2, -0.15) is 0 Å². The van der Waals surface area contributed by atoms with Gasteiger partial charge in [0.2, 0.25) is 0 Å². The molecule has 0 amide bonds. The van der Waals surface area contributed by atoms with E-state index in [1.165, 1.54) is 56.8 Å². The van der Waals surface area contributed by atoms with Crippen LogP contribution in [-0.2, 0) is 6.42 Å². The van der Waals surface area contributed by atoms with E-state index in [2.05, 4.69) is 59.4 Å². The number of aliphatic imine (C=N–C) groups is 1. The van der Waals surface area contributed by atoms with E-state index in [9.17, 15) is 0 Å². The summed E-state index contributed by atoms with van der Waals surface area (Å²) in [6.45, 7) is 16.3. The number of unbranched alkanes of at least 4 members (excludes halogenated alkanes) is 1. The molecule has 2 rings (SSSR count). The van der Waals surface area contributed by atoms with Gasteiger partial charge in [-0.25, -0.2) is 0 Å². The Morgan fingerprint density at radius 1 is 1.07 bits per heavy atom. The third kappa shape index (κ3) is 9.83. The Balaban J connectivity index is 0.00000450. The highest BCUT2D eigenvalue weighted by Gasteiger charge is 2.14. The van der Waals surface area contributed by atoms with Crippen molar-refractivity contribution in [2.75, 3.05) is 66.0 Å². The largest absolute Gasteiger partial charge is 0.496 e. The van der Waals surface area contributed by atoms with Gasteiger partial charge in [0, 0.05) is 45.8 Å². The van der Waals surface area contributed by atoms with Gasteiger partial charge in [-0.15, -0.1) is 24.0 Å². The number of halogens is 1. The normalized spacial score (nSPS) is 15.5. The van der Waals surface area contributed by atoms with Crippen molar-refractivity contribution in [3.05, 3.63) is 29.3 Å². The summed E-state index contributed by atoms with van der Waals surface area (Å²) in [6.07, 6.45) is 3.31. The van der Waals surface area contributed by atoms with Crippen LogP contribution in [-0.4, -0.2) is 81.8 Å². The third-order valence-corrected chi connectivity index (χ3v) is 5.59. The van der Waals surface area contributed by atoms with Crippen LogP contribution in [0.15, 0.2) is 23.2 Å². The monoisotopic (exact) mass is 531 g/mol. The summed E-state index contributed by atoms with van der Waals surface area (Å²) in [4.78, 5) is 9.87. The van der Waals surface area contributed by atoms with Crippen LogP contribution in [0.1, 0.15) is 37.8 Å². The molecule has 1 aromatic rings. The van der Waals surface area contributed by atoms with Crippen LogP contribution in [0.2, 0.25) is 0 Å². The van der Waals surface area contributed by atoms with Crippen molar-refractivity contribution in [1.82, 2.24) is 20.4 Å². The first-order valence-electron chi connectivity index (χ1n) is 11.3. The van der Waals surface area contributed by atoms with Gasteiger partial charge in [0.15, 0.2) is 5.96 Å². The molecule has 30 heavy (non-hydrogen) atoms. The lowest BCUT2D eigenvalue weighted by molar-refractivity contribution is 0.136. The van der Waals surface area contributed by atoms with Gasteiger partial charge in [-0.05, 0) is 63.4 Å². The second-order valence-electron chi connectivity index (χ2n) is 7.72. The summed E-state index contributed by atoms with van der Waals surface area (Å²) in [5, 5.41) is 6.81. The zero-order valence-corrected chi connectivity index (χ0v) is 21.7. The van der Waals surface area contributed by atoms with Gasteiger partial charge in [-0.3, -0.25) is 4.99 Å². The number of nitrogens with one attached hydrogen (secondary N) is 2. The van der Waals surface area contributed by atoms with E-state index in [1.54, 1.807) is 7.11 Å². The van der Waals surface area contributed by atoms with Gasteiger partial charge in [0.25, 0.3) is 0 Å². The Morgan fingerprint density at radius 2 is 1.80 bits per heavy atom. The van der Waals surface area contributed by atoms with Crippen molar-refractivity contribution in [3.63, 3.8) is 0 Å². The van der Waals surface area contributed by atoms with E-state index < -0.39 is 0 Å². The van der Waals surface area contributed by atoms with E-state index in [-0.39, 0.29) is 24.0 Å². The van der Waals surface area contributed by atoms with Gasteiger partial charge in [0.1, 0.15) is 5.75 Å². The van der Waals surface area contributed by atoms with Crippen LogP contribution < -0.4 is 15.4 Å². The number of guanidine groups is 1. The van der Waals surface area contributed by atoms with Crippen molar-refractivity contribution < 1.29 is 4.74 Å². The fraction of sp³-hybridized carbons (Fsp3) is 0.696. The molecule has 1 aliphatic heterocycles. The summed E-state index contributed by atoms with van der Waals surface area (Å²) in [5.41, 5.74) is 2.45. The quantitative estimate of drug-likeness (QED) is 0.199. The second-order valence-corrected chi connectivity index (χ2v) is 7.72. The standard InChI is InChI=1S/C23H41N5O.HI/c1-5-24-23(26-13-11-21-10-9-20(3)22(19-21)29-4)25-12-7-8-14-28-17-15-27(6-2)16-18-28;/h9-10,19H,5-8,11-18H2,1-4H3,(H2,24,25,26);1H. The van der Waals surface area contributed by atoms with Crippen LogP contribution in [0.25, 0.3) is 0 Å². The number of rotatable bonds is 11. The van der Waals surface area contributed by atoms with Gasteiger partial charge in [-0.1, -0.05) is 19.1 Å². The zero-order chi connectivity index (χ0) is 20.9. The topological polar surface area (TPSA) is 52.1 Å². The summed E-state index contributed by atoms with van der Waals surface area (Å²) in [7, 11) is 1.73. The molecule has 0 saturated carbocycles. The molecule has 172 valence electrons. The first-order chi connectivity index (χ1) is 14.2. The molecular weight excluding hydrogens is 489 g/mol. The summed E-state index contributed by atoms with van der Waals surface area (Å²) in [5.74, 6) is 1.88. The molecule has 0 unspecified atom stereocenters. The van der Waals surface area contributed by atoms with Crippen molar-refractivity contribution in [2.45, 2.75) is 40.0 Å². The lowest BCUT2D eigenvalue weighted by Gasteiger charge is -2.33. The zero-order valence-electron chi connectivity index (χ0n) is 19.4. The molecular formula is C23H42IN5O. The fourth-order valence-electron chi connectivity index (χ4n) is 3.65. The first kappa shape index (κ1) is 27.0. The number of nitrogens with zero attached hydrogens (tertiary/aromatic N) is 3. The summed E-state index contributed by atoms with van der Waals surface area (Å²) >= 11 is 0. The van der Waals surface area contributed by atoms with Crippen molar-refractivity contribution >= 4 is 29.9 Å². The highest BCUT2D eigenvalue weighted by atomic mass is 127. The van der Waals surface area contributed by atoms with Crippen molar-refractivity contribution in [3.8, 4) is 5.75 Å². The van der Waals surface area contributed by atoms with Crippen LogP contribution in [0.5, 0.6) is 5.75 Å². The minimum atomic E-state index is 0. The molecule has 0 atom stereocenters. The van der Waals surface area contributed by atoms with Gasteiger partial charge < -0.3 is 25.2 Å². The van der Waals surface area contributed by atoms with Crippen LogP contribution in [0, 0.1) is 6.92 Å². The minimum absolute atomic E-state index is 0. The number of benzene rings is 1. The Hall–Kier alpha value is -1.06. The number of likely N-dealkylation sites (N-methyl/N-ethyl adjacent to an activating group) is 1. The maximum Gasteiger partial charge on any atom is 0.191 e. The Kier molecular flexibility index (Phi) is 14.1. The number of aryl methyl sites for hydroxylation is 1. The van der Waals surface area contributed by atoms with E-state index in [0.29, 0.717) is 0 Å². The fourth-order valence-corrected chi connectivity index (χ4v) is 3.65. The molecule has 1 aliphatic rings. The minimum Gasteiger partial charge on any atom is -0.496 e. The van der Waals surface area contributed by atoms with Gasteiger partial charge in [0.05, 0.1) is 7.11 Å². The molecule has 1 heterocycles. The number of hydrogen-bond acceptors (Lipinski definition) is 4. The highest BCUT2D eigenvalue weighted by Crippen LogP contribution is 2.18. The molecule has 1 saturated heterocycles. The smallest absolute Gasteiger partial charge is 0.191 e. The van der Waals surface area contributed by atoms with Crippen molar-refractivity contribution in [2.24, 2.45) is 4.99 Å². The average Bonchev–Trinajstić information content (AvgIpc) is 2.75.